The summed E-state index contributed by atoms with van der Waals surface area (Å²) in [4.78, 5) is 12.0. The van der Waals surface area contributed by atoms with Crippen LogP contribution in [0.15, 0.2) is 0 Å². The van der Waals surface area contributed by atoms with E-state index in [1.165, 1.54) is 0 Å². The van der Waals surface area contributed by atoms with E-state index in [9.17, 15) is 4.79 Å². The molecule has 3 heteroatoms. The van der Waals surface area contributed by atoms with Crippen LogP contribution in [0.1, 0.15) is 54.4 Å². The lowest BCUT2D eigenvalue weighted by Crippen LogP contribution is -2.33. The fraction of sp³-hybridized carbons (Fsp3) is 0.923. The molecular formula is C13H26BrNO. The number of alkyl halides is 1. The van der Waals surface area contributed by atoms with Crippen molar-refractivity contribution in [3.8, 4) is 0 Å². The average Bonchev–Trinajstić information content (AvgIpc) is 1.94. The Bertz CT molecular complexity index is 225. The molecule has 0 aliphatic rings. The molecule has 96 valence electrons. The number of hydrogen-bond acceptors (Lipinski definition) is 1. The number of carbonyl (C=O) groups is 1. The van der Waals surface area contributed by atoms with Gasteiger partial charge in [-0.1, -0.05) is 57.5 Å². The third-order valence-corrected chi connectivity index (χ3v) is 2.69. The van der Waals surface area contributed by atoms with Gasteiger partial charge in [-0.05, 0) is 17.3 Å². The Morgan fingerprint density at radius 1 is 1.12 bits per heavy atom. The van der Waals surface area contributed by atoms with Crippen molar-refractivity contribution in [3.05, 3.63) is 0 Å². The Morgan fingerprint density at radius 3 is 2.00 bits per heavy atom. The van der Waals surface area contributed by atoms with E-state index >= 15 is 0 Å². The zero-order valence-electron chi connectivity index (χ0n) is 11.5. The van der Waals surface area contributed by atoms with Gasteiger partial charge in [0.05, 0.1) is 0 Å². The highest BCUT2D eigenvalue weighted by molar-refractivity contribution is 9.09. The van der Waals surface area contributed by atoms with Crippen LogP contribution in [0.25, 0.3) is 0 Å². The first-order chi connectivity index (χ1) is 6.99. The van der Waals surface area contributed by atoms with Crippen molar-refractivity contribution in [2.24, 2.45) is 10.8 Å². The highest BCUT2D eigenvalue weighted by Gasteiger charge is 2.19. The molecule has 0 aliphatic carbocycles. The first-order valence-corrected chi connectivity index (χ1v) is 6.82. The van der Waals surface area contributed by atoms with Gasteiger partial charge in [-0.2, -0.15) is 0 Å². The van der Waals surface area contributed by atoms with Crippen LogP contribution in [0.2, 0.25) is 0 Å². The molecule has 1 amide bonds. The number of hydrogen-bond donors (Lipinski definition) is 1. The predicted molar refractivity (Wildman–Crippen MR) is 73.9 cm³/mol. The van der Waals surface area contributed by atoms with Gasteiger partial charge in [0, 0.05) is 17.8 Å². The number of amides is 1. The minimum atomic E-state index is 0.0654. The van der Waals surface area contributed by atoms with Crippen LogP contribution in [-0.2, 0) is 4.79 Å². The summed E-state index contributed by atoms with van der Waals surface area (Å²) in [6, 6.07) is 0. The van der Waals surface area contributed by atoms with E-state index in [0.29, 0.717) is 23.2 Å². The summed E-state index contributed by atoms with van der Waals surface area (Å²) < 4.78 is 0. The van der Waals surface area contributed by atoms with Gasteiger partial charge in [0.15, 0.2) is 0 Å². The molecular weight excluding hydrogens is 266 g/mol. The largest absolute Gasteiger partial charge is 0.355 e. The number of nitrogens with one attached hydrogen (secondary N) is 1. The molecule has 0 aromatic rings. The van der Waals surface area contributed by atoms with Crippen LogP contribution in [0.5, 0.6) is 0 Å². The molecule has 0 aromatic carbocycles. The predicted octanol–water partition coefficient (Wildman–Crippen LogP) is 3.74. The van der Waals surface area contributed by atoms with Gasteiger partial charge < -0.3 is 5.32 Å². The maximum absolute atomic E-state index is 11.6. The average molecular weight is 292 g/mol. The quantitative estimate of drug-likeness (QED) is 0.786. The molecule has 0 saturated heterocycles. The molecule has 0 radical (unpaired) electrons. The van der Waals surface area contributed by atoms with Gasteiger partial charge in [0.1, 0.15) is 0 Å². The van der Waals surface area contributed by atoms with Gasteiger partial charge >= 0.3 is 0 Å². The van der Waals surface area contributed by atoms with Crippen LogP contribution >= 0.6 is 15.9 Å². The van der Waals surface area contributed by atoms with E-state index in [1.54, 1.807) is 0 Å². The van der Waals surface area contributed by atoms with E-state index < -0.39 is 0 Å². The summed E-state index contributed by atoms with van der Waals surface area (Å²) in [5.41, 5.74) is 0.360. The summed E-state index contributed by atoms with van der Waals surface area (Å²) in [5.74, 6) is 0.144. The molecule has 2 nitrogen and oxygen atoms in total. The Hall–Kier alpha value is -0.0500. The Kier molecular flexibility index (Phi) is 6.02. The van der Waals surface area contributed by atoms with Gasteiger partial charge in [-0.15, -0.1) is 0 Å². The zero-order chi connectivity index (χ0) is 13.0. The second-order valence-electron chi connectivity index (χ2n) is 6.90. The Morgan fingerprint density at radius 2 is 1.62 bits per heavy atom. The SMILES string of the molecule is CC(C)(C)CC(=O)NCC(Br)CC(C)(C)C. The molecule has 0 aromatic heterocycles. The third-order valence-electron chi connectivity index (χ3n) is 2.05. The lowest BCUT2D eigenvalue weighted by molar-refractivity contribution is -0.122. The van der Waals surface area contributed by atoms with Crippen molar-refractivity contribution in [2.75, 3.05) is 6.54 Å². The lowest BCUT2D eigenvalue weighted by atomic mass is 9.90. The van der Waals surface area contributed by atoms with Crippen molar-refractivity contribution < 1.29 is 4.79 Å². The van der Waals surface area contributed by atoms with E-state index in [1.807, 2.05) is 0 Å². The first kappa shape index (κ1) is 16.0. The minimum absolute atomic E-state index is 0.0654. The smallest absolute Gasteiger partial charge is 0.220 e. The number of rotatable bonds is 4. The standard InChI is InChI=1S/C13H26BrNO/c1-12(2,3)7-10(14)9-15-11(16)8-13(4,5)6/h10H,7-9H2,1-6H3,(H,15,16). The minimum Gasteiger partial charge on any atom is -0.355 e. The van der Waals surface area contributed by atoms with Crippen LogP contribution in [0.3, 0.4) is 0 Å². The molecule has 1 N–H and O–H groups in total. The molecule has 1 unspecified atom stereocenters. The molecule has 16 heavy (non-hydrogen) atoms. The molecule has 0 heterocycles. The maximum Gasteiger partial charge on any atom is 0.220 e. The van der Waals surface area contributed by atoms with Crippen LogP contribution in [-0.4, -0.2) is 17.3 Å². The molecule has 0 aliphatic heterocycles. The van der Waals surface area contributed by atoms with E-state index in [4.69, 9.17) is 0 Å². The van der Waals surface area contributed by atoms with E-state index in [0.717, 1.165) is 6.42 Å². The monoisotopic (exact) mass is 291 g/mol. The number of carbonyl (C=O) groups excluding carboxylic acids is 1. The zero-order valence-corrected chi connectivity index (χ0v) is 13.1. The summed E-state index contributed by atoms with van der Waals surface area (Å²) in [5, 5.41) is 2.98. The molecule has 0 spiro atoms. The molecule has 1 atom stereocenters. The second kappa shape index (κ2) is 6.04. The molecule has 0 rings (SSSR count). The fourth-order valence-corrected chi connectivity index (χ4v) is 2.64. The summed E-state index contributed by atoms with van der Waals surface area (Å²) in [6.07, 6.45) is 1.64. The van der Waals surface area contributed by atoms with Gasteiger partial charge in [0.2, 0.25) is 5.91 Å². The first-order valence-electron chi connectivity index (χ1n) is 5.90. The van der Waals surface area contributed by atoms with Crippen molar-refractivity contribution in [2.45, 2.75) is 59.2 Å². The Labute approximate surface area is 109 Å². The molecule has 0 fully saturated rings. The van der Waals surface area contributed by atoms with Crippen LogP contribution < -0.4 is 5.32 Å². The van der Waals surface area contributed by atoms with Crippen molar-refractivity contribution in [3.63, 3.8) is 0 Å². The second-order valence-corrected chi connectivity index (χ2v) is 8.20. The lowest BCUT2D eigenvalue weighted by Gasteiger charge is -2.23. The van der Waals surface area contributed by atoms with Crippen molar-refractivity contribution >= 4 is 21.8 Å². The van der Waals surface area contributed by atoms with Gasteiger partial charge in [-0.25, -0.2) is 0 Å². The molecule has 0 bridgehead atoms. The van der Waals surface area contributed by atoms with E-state index in [2.05, 4.69) is 62.8 Å². The fourth-order valence-electron chi connectivity index (χ4n) is 1.51. The topological polar surface area (TPSA) is 29.1 Å². The van der Waals surface area contributed by atoms with Crippen molar-refractivity contribution in [1.29, 1.82) is 0 Å². The van der Waals surface area contributed by atoms with Crippen LogP contribution in [0.4, 0.5) is 0 Å². The normalized spacial score (nSPS) is 14.7. The summed E-state index contributed by atoms with van der Waals surface area (Å²) in [7, 11) is 0. The highest BCUT2D eigenvalue weighted by atomic mass is 79.9. The Balaban J connectivity index is 3.85. The highest BCUT2D eigenvalue weighted by Crippen LogP contribution is 2.24. The summed E-state index contributed by atoms with van der Waals surface area (Å²) >= 11 is 3.61. The van der Waals surface area contributed by atoms with Gasteiger partial charge in [-0.3, -0.25) is 4.79 Å². The third kappa shape index (κ3) is 10.5. The molecule has 0 saturated carbocycles. The van der Waals surface area contributed by atoms with E-state index in [-0.39, 0.29) is 11.3 Å². The van der Waals surface area contributed by atoms with Crippen LogP contribution in [0, 0.1) is 10.8 Å². The van der Waals surface area contributed by atoms with Gasteiger partial charge in [0.25, 0.3) is 0 Å². The summed E-state index contributed by atoms with van der Waals surface area (Å²) in [6.45, 7) is 13.6. The number of halogens is 1. The van der Waals surface area contributed by atoms with Crippen molar-refractivity contribution in [1.82, 2.24) is 5.32 Å². The maximum atomic E-state index is 11.6.